The van der Waals surface area contributed by atoms with Crippen LogP contribution >= 0.6 is 0 Å². The molecule has 1 unspecified atom stereocenters. The molecule has 0 aliphatic carbocycles. The van der Waals surface area contributed by atoms with E-state index in [1.807, 2.05) is 55.6 Å². The third-order valence-corrected chi connectivity index (χ3v) is 4.88. The third kappa shape index (κ3) is 3.15. The lowest BCUT2D eigenvalue weighted by Gasteiger charge is -2.29. The molecule has 126 valence electrons. The predicted octanol–water partition coefficient (Wildman–Crippen LogP) is 4.05. The third-order valence-electron chi connectivity index (χ3n) is 4.88. The molecule has 1 aliphatic rings. The average molecular weight is 331 g/mol. The fourth-order valence-corrected chi connectivity index (χ4v) is 3.53. The van der Waals surface area contributed by atoms with Crippen molar-refractivity contribution >= 4 is 16.7 Å². The van der Waals surface area contributed by atoms with Crippen LogP contribution in [-0.4, -0.2) is 30.5 Å². The van der Waals surface area contributed by atoms with Crippen molar-refractivity contribution in [1.82, 2.24) is 4.90 Å². The summed E-state index contributed by atoms with van der Waals surface area (Å²) in [5.74, 6) is 0.0410. The van der Waals surface area contributed by atoms with Crippen molar-refractivity contribution in [2.45, 2.75) is 19.1 Å². The van der Waals surface area contributed by atoms with E-state index < -0.39 is 0 Å². The van der Waals surface area contributed by atoms with Gasteiger partial charge in [-0.05, 0) is 28.0 Å². The van der Waals surface area contributed by atoms with Gasteiger partial charge in [-0.15, -0.1) is 0 Å². The minimum Gasteiger partial charge on any atom is -0.371 e. The highest BCUT2D eigenvalue weighted by atomic mass is 16.5. The van der Waals surface area contributed by atoms with Crippen molar-refractivity contribution < 1.29 is 9.53 Å². The lowest BCUT2D eigenvalue weighted by Crippen LogP contribution is -2.38. The topological polar surface area (TPSA) is 29.5 Å². The van der Waals surface area contributed by atoms with Gasteiger partial charge in [-0.3, -0.25) is 4.79 Å². The van der Waals surface area contributed by atoms with Crippen LogP contribution in [0.3, 0.4) is 0 Å². The molecule has 0 saturated heterocycles. The molecular formula is C22H21NO2. The summed E-state index contributed by atoms with van der Waals surface area (Å²) < 4.78 is 5.95. The Morgan fingerprint density at radius 1 is 1.00 bits per heavy atom. The lowest BCUT2D eigenvalue weighted by atomic mass is 9.98. The first-order chi connectivity index (χ1) is 12.2. The molecule has 3 aromatic rings. The summed E-state index contributed by atoms with van der Waals surface area (Å²) in [5.41, 5.74) is 3.32. The maximum atomic E-state index is 12.9. The SMILES string of the molecule is CN(CC1Cc2ccccc2CO1)C(=O)c1cccc2ccccc12. The molecule has 0 bridgehead atoms. The van der Waals surface area contributed by atoms with Gasteiger partial charge in [0.25, 0.3) is 5.91 Å². The molecule has 0 fully saturated rings. The van der Waals surface area contributed by atoms with Crippen LogP contribution in [0.25, 0.3) is 10.8 Å². The largest absolute Gasteiger partial charge is 0.371 e. The van der Waals surface area contributed by atoms with E-state index in [2.05, 4.69) is 18.2 Å². The van der Waals surface area contributed by atoms with Crippen LogP contribution in [0.2, 0.25) is 0 Å². The van der Waals surface area contributed by atoms with Crippen molar-refractivity contribution in [1.29, 1.82) is 0 Å². The molecule has 0 N–H and O–H groups in total. The van der Waals surface area contributed by atoms with Gasteiger partial charge in [-0.25, -0.2) is 0 Å². The Morgan fingerprint density at radius 3 is 2.60 bits per heavy atom. The molecule has 1 amide bonds. The number of hydrogen-bond acceptors (Lipinski definition) is 2. The number of ether oxygens (including phenoxy) is 1. The van der Waals surface area contributed by atoms with Gasteiger partial charge in [-0.1, -0.05) is 60.7 Å². The zero-order valence-corrected chi connectivity index (χ0v) is 14.3. The molecule has 1 atom stereocenters. The van der Waals surface area contributed by atoms with Crippen LogP contribution in [0.15, 0.2) is 66.7 Å². The number of amides is 1. The predicted molar refractivity (Wildman–Crippen MR) is 99.6 cm³/mol. The first kappa shape index (κ1) is 15.9. The molecular weight excluding hydrogens is 310 g/mol. The summed E-state index contributed by atoms with van der Waals surface area (Å²) in [6, 6.07) is 22.2. The summed E-state index contributed by atoms with van der Waals surface area (Å²) in [6.45, 7) is 1.22. The quantitative estimate of drug-likeness (QED) is 0.724. The zero-order chi connectivity index (χ0) is 17.2. The molecule has 0 spiro atoms. The van der Waals surface area contributed by atoms with Crippen LogP contribution in [0, 0.1) is 0 Å². The standard InChI is InChI=1S/C22H21NO2/c1-23(14-19-13-17-8-2-3-9-18(17)15-25-19)22(24)21-12-6-10-16-7-4-5-11-20(16)21/h2-12,19H,13-15H2,1H3. The molecule has 0 radical (unpaired) electrons. The van der Waals surface area contributed by atoms with Gasteiger partial charge < -0.3 is 9.64 Å². The summed E-state index contributed by atoms with van der Waals surface area (Å²) in [4.78, 5) is 14.7. The number of fused-ring (bicyclic) bond motifs is 2. The van der Waals surface area contributed by atoms with Crippen molar-refractivity contribution in [3.8, 4) is 0 Å². The fraction of sp³-hybridized carbons (Fsp3) is 0.227. The number of benzene rings is 3. The number of carbonyl (C=O) groups is 1. The van der Waals surface area contributed by atoms with Gasteiger partial charge in [0.2, 0.25) is 0 Å². The van der Waals surface area contributed by atoms with E-state index in [1.54, 1.807) is 4.90 Å². The van der Waals surface area contributed by atoms with Crippen LogP contribution < -0.4 is 0 Å². The number of nitrogens with zero attached hydrogens (tertiary/aromatic N) is 1. The first-order valence-electron chi connectivity index (χ1n) is 8.64. The molecule has 0 aromatic heterocycles. The van der Waals surface area contributed by atoms with Gasteiger partial charge in [0.15, 0.2) is 0 Å². The molecule has 0 saturated carbocycles. The molecule has 1 heterocycles. The Balaban J connectivity index is 1.51. The highest BCUT2D eigenvalue weighted by molar-refractivity contribution is 6.06. The maximum absolute atomic E-state index is 12.9. The minimum atomic E-state index is 0.0406. The number of rotatable bonds is 3. The molecule has 1 aliphatic heterocycles. The second-order valence-corrected chi connectivity index (χ2v) is 6.62. The first-order valence-corrected chi connectivity index (χ1v) is 8.64. The normalized spacial score (nSPS) is 16.4. The Morgan fingerprint density at radius 2 is 1.72 bits per heavy atom. The summed E-state index contributed by atoms with van der Waals surface area (Å²) >= 11 is 0. The van der Waals surface area contributed by atoms with Crippen molar-refractivity contribution in [2.75, 3.05) is 13.6 Å². The van der Waals surface area contributed by atoms with E-state index in [9.17, 15) is 4.79 Å². The van der Waals surface area contributed by atoms with Crippen molar-refractivity contribution in [2.24, 2.45) is 0 Å². The molecule has 25 heavy (non-hydrogen) atoms. The minimum absolute atomic E-state index is 0.0406. The van der Waals surface area contributed by atoms with Crippen molar-refractivity contribution in [3.05, 3.63) is 83.4 Å². The summed E-state index contributed by atoms with van der Waals surface area (Å²) in [6.07, 6.45) is 0.891. The number of likely N-dealkylation sites (N-methyl/N-ethyl adjacent to an activating group) is 1. The lowest BCUT2D eigenvalue weighted by molar-refractivity contribution is 0.00989. The smallest absolute Gasteiger partial charge is 0.254 e. The zero-order valence-electron chi connectivity index (χ0n) is 14.3. The molecule has 4 rings (SSSR count). The van der Waals surface area contributed by atoms with E-state index in [4.69, 9.17) is 4.74 Å². The maximum Gasteiger partial charge on any atom is 0.254 e. The van der Waals surface area contributed by atoms with Gasteiger partial charge >= 0.3 is 0 Å². The number of hydrogen-bond donors (Lipinski definition) is 0. The van der Waals surface area contributed by atoms with Gasteiger partial charge in [0, 0.05) is 25.6 Å². The monoisotopic (exact) mass is 331 g/mol. The highest BCUT2D eigenvalue weighted by Gasteiger charge is 2.23. The van der Waals surface area contributed by atoms with Crippen LogP contribution in [-0.2, 0) is 17.8 Å². The van der Waals surface area contributed by atoms with Crippen LogP contribution in [0.4, 0.5) is 0 Å². The van der Waals surface area contributed by atoms with E-state index in [-0.39, 0.29) is 12.0 Å². The van der Waals surface area contributed by atoms with Gasteiger partial charge in [-0.2, -0.15) is 0 Å². The Labute approximate surface area is 147 Å². The van der Waals surface area contributed by atoms with Gasteiger partial charge in [0.1, 0.15) is 0 Å². The number of carbonyl (C=O) groups excluding carboxylic acids is 1. The van der Waals surface area contributed by atoms with E-state index >= 15 is 0 Å². The molecule has 3 nitrogen and oxygen atoms in total. The fourth-order valence-electron chi connectivity index (χ4n) is 3.53. The summed E-state index contributed by atoms with van der Waals surface area (Å²) in [5, 5.41) is 2.08. The second-order valence-electron chi connectivity index (χ2n) is 6.62. The van der Waals surface area contributed by atoms with E-state index in [0.717, 1.165) is 22.8 Å². The Hall–Kier alpha value is -2.65. The van der Waals surface area contributed by atoms with Crippen molar-refractivity contribution in [3.63, 3.8) is 0 Å². The Bertz CT molecular complexity index is 913. The summed E-state index contributed by atoms with van der Waals surface area (Å²) in [7, 11) is 1.86. The molecule has 3 aromatic carbocycles. The Kier molecular flexibility index (Phi) is 4.24. The second kappa shape index (κ2) is 6.69. The average Bonchev–Trinajstić information content (AvgIpc) is 2.67. The molecule has 3 heteroatoms. The van der Waals surface area contributed by atoms with Crippen LogP contribution in [0.1, 0.15) is 21.5 Å². The highest BCUT2D eigenvalue weighted by Crippen LogP contribution is 2.23. The van der Waals surface area contributed by atoms with E-state index in [0.29, 0.717) is 13.2 Å². The van der Waals surface area contributed by atoms with Gasteiger partial charge in [0.05, 0.1) is 12.7 Å². The van der Waals surface area contributed by atoms with E-state index in [1.165, 1.54) is 11.1 Å². The van der Waals surface area contributed by atoms with Crippen LogP contribution in [0.5, 0.6) is 0 Å².